The molecule has 2 bridgehead atoms. The Kier molecular flexibility index (Phi) is 1.51. The largest absolute Gasteiger partial charge is 0.370 e. The molecule has 2 aliphatic rings. The van der Waals surface area contributed by atoms with Crippen molar-refractivity contribution in [2.75, 3.05) is 6.54 Å². The molecule has 0 aliphatic carbocycles. The molecule has 0 aromatic heterocycles. The minimum absolute atomic E-state index is 0.180. The standard InChI is InChI=1S/C8H13NO2/c9-5-8-2-1-7(11-8)3-6(10)4-8/h7H,1-5,9H2/t7-,8+/m1/s1. The lowest BCUT2D eigenvalue weighted by atomic mass is 9.94. The predicted molar refractivity (Wildman–Crippen MR) is 40.1 cm³/mol. The van der Waals surface area contributed by atoms with Crippen LogP contribution in [-0.2, 0) is 9.53 Å². The summed E-state index contributed by atoms with van der Waals surface area (Å²) in [5.74, 6) is 0.323. The minimum Gasteiger partial charge on any atom is -0.370 e. The monoisotopic (exact) mass is 155 g/mol. The fourth-order valence-electron chi connectivity index (χ4n) is 2.08. The van der Waals surface area contributed by atoms with Gasteiger partial charge < -0.3 is 10.5 Å². The van der Waals surface area contributed by atoms with Gasteiger partial charge in [-0.3, -0.25) is 4.79 Å². The van der Waals surface area contributed by atoms with Gasteiger partial charge in [0, 0.05) is 19.4 Å². The van der Waals surface area contributed by atoms with Gasteiger partial charge in [-0.05, 0) is 12.8 Å². The average Bonchev–Trinajstić information content (AvgIpc) is 2.28. The molecule has 3 nitrogen and oxygen atoms in total. The number of carbonyl (C=O) groups is 1. The molecule has 2 heterocycles. The molecular weight excluding hydrogens is 142 g/mol. The van der Waals surface area contributed by atoms with Gasteiger partial charge >= 0.3 is 0 Å². The number of hydrogen-bond donors (Lipinski definition) is 1. The van der Waals surface area contributed by atoms with Crippen molar-refractivity contribution in [1.82, 2.24) is 0 Å². The lowest BCUT2D eigenvalue weighted by Crippen LogP contribution is -2.43. The predicted octanol–water partition coefficient (Wildman–Crippen LogP) is 0.226. The van der Waals surface area contributed by atoms with E-state index in [9.17, 15) is 4.79 Å². The van der Waals surface area contributed by atoms with Gasteiger partial charge in [-0.25, -0.2) is 0 Å². The highest BCUT2D eigenvalue weighted by atomic mass is 16.5. The van der Waals surface area contributed by atoms with E-state index in [-0.39, 0.29) is 11.7 Å². The summed E-state index contributed by atoms with van der Waals surface area (Å²) < 4.78 is 5.66. The van der Waals surface area contributed by atoms with E-state index in [1.165, 1.54) is 0 Å². The lowest BCUT2D eigenvalue weighted by Gasteiger charge is -2.31. The summed E-state index contributed by atoms with van der Waals surface area (Å²) in [7, 11) is 0. The fraction of sp³-hybridized carbons (Fsp3) is 0.875. The Hall–Kier alpha value is -0.410. The van der Waals surface area contributed by atoms with Crippen molar-refractivity contribution in [2.45, 2.75) is 37.4 Å². The molecule has 2 fully saturated rings. The number of ether oxygens (including phenoxy) is 1. The zero-order chi connectivity index (χ0) is 7.90. The van der Waals surface area contributed by atoms with Crippen LogP contribution in [0.25, 0.3) is 0 Å². The molecule has 0 radical (unpaired) electrons. The number of hydrogen-bond acceptors (Lipinski definition) is 3. The maximum Gasteiger partial charge on any atom is 0.138 e. The quantitative estimate of drug-likeness (QED) is 0.589. The second-order valence-corrected chi connectivity index (χ2v) is 3.59. The van der Waals surface area contributed by atoms with E-state index in [2.05, 4.69) is 0 Å². The van der Waals surface area contributed by atoms with Crippen molar-refractivity contribution in [3.8, 4) is 0 Å². The molecule has 2 saturated heterocycles. The highest BCUT2D eigenvalue weighted by Crippen LogP contribution is 2.38. The smallest absolute Gasteiger partial charge is 0.138 e. The topological polar surface area (TPSA) is 52.3 Å². The zero-order valence-electron chi connectivity index (χ0n) is 6.51. The van der Waals surface area contributed by atoms with Crippen molar-refractivity contribution >= 4 is 5.78 Å². The van der Waals surface area contributed by atoms with E-state index in [0.717, 1.165) is 12.8 Å². The summed E-state index contributed by atoms with van der Waals surface area (Å²) in [4.78, 5) is 11.2. The third-order valence-electron chi connectivity index (χ3n) is 2.69. The van der Waals surface area contributed by atoms with Gasteiger partial charge in [0.1, 0.15) is 5.78 Å². The Morgan fingerprint density at radius 2 is 2.55 bits per heavy atom. The molecule has 62 valence electrons. The molecule has 2 N–H and O–H groups in total. The molecule has 11 heavy (non-hydrogen) atoms. The average molecular weight is 155 g/mol. The highest BCUT2D eigenvalue weighted by molar-refractivity contribution is 5.81. The molecule has 0 aromatic carbocycles. The van der Waals surface area contributed by atoms with Gasteiger partial charge in [-0.2, -0.15) is 0 Å². The zero-order valence-corrected chi connectivity index (χ0v) is 6.51. The van der Waals surface area contributed by atoms with Crippen LogP contribution in [0.3, 0.4) is 0 Å². The highest BCUT2D eigenvalue weighted by Gasteiger charge is 2.45. The Morgan fingerprint density at radius 3 is 3.27 bits per heavy atom. The number of carbonyl (C=O) groups excluding carboxylic acids is 1. The molecule has 0 aromatic rings. The molecular formula is C8H13NO2. The van der Waals surface area contributed by atoms with Gasteiger partial charge in [0.25, 0.3) is 0 Å². The van der Waals surface area contributed by atoms with Crippen molar-refractivity contribution in [3.63, 3.8) is 0 Å². The van der Waals surface area contributed by atoms with E-state index in [4.69, 9.17) is 10.5 Å². The van der Waals surface area contributed by atoms with E-state index in [1.807, 2.05) is 0 Å². The minimum atomic E-state index is -0.264. The van der Waals surface area contributed by atoms with Crippen LogP contribution in [0.15, 0.2) is 0 Å². The molecule has 2 aliphatic heterocycles. The molecule has 0 saturated carbocycles. The third-order valence-corrected chi connectivity index (χ3v) is 2.69. The van der Waals surface area contributed by atoms with Crippen molar-refractivity contribution in [2.24, 2.45) is 5.73 Å². The summed E-state index contributed by atoms with van der Waals surface area (Å²) in [6, 6.07) is 0. The van der Waals surface area contributed by atoms with Crippen LogP contribution in [-0.4, -0.2) is 24.0 Å². The molecule has 0 spiro atoms. The first-order valence-corrected chi connectivity index (χ1v) is 4.14. The first-order chi connectivity index (χ1) is 5.24. The Bertz CT molecular complexity index is 193. The maximum atomic E-state index is 11.2. The van der Waals surface area contributed by atoms with Gasteiger partial charge in [0.05, 0.1) is 11.7 Å². The van der Waals surface area contributed by atoms with Gasteiger partial charge in [0.2, 0.25) is 0 Å². The number of fused-ring (bicyclic) bond motifs is 2. The van der Waals surface area contributed by atoms with Crippen LogP contribution in [0.5, 0.6) is 0 Å². The van der Waals surface area contributed by atoms with Crippen LogP contribution in [0.2, 0.25) is 0 Å². The SMILES string of the molecule is NC[C@]12CC[C@H](CC(=O)C1)O2. The van der Waals surface area contributed by atoms with E-state index in [0.29, 0.717) is 25.2 Å². The number of nitrogens with two attached hydrogens (primary N) is 1. The summed E-state index contributed by atoms with van der Waals surface area (Å²) in [6.45, 7) is 0.495. The first-order valence-electron chi connectivity index (χ1n) is 4.14. The molecule has 2 rings (SSSR count). The van der Waals surface area contributed by atoms with Crippen LogP contribution in [0.4, 0.5) is 0 Å². The number of rotatable bonds is 1. The van der Waals surface area contributed by atoms with Crippen molar-refractivity contribution in [3.05, 3.63) is 0 Å². The third kappa shape index (κ3) is 1.08. The Morgan fingerprint density at radius 1 is 1.73 bits per heavy atom. The molecule has 3 heteroatoms. The summed E-state index contributed by atoms with van der Waals surface area (Å²) >= 11 is 0. The summed E-state index contributed by atoms with van der Waals surface area (Å²) in [5.41, 5.74) is 5.30. The molecule has 0 amide bonds. The summed E-state index contributed by atoms with van der Waals surface area (Å²) in [6.07, 6.45) is 3.32. The second kappa shape index (κ2) is 2.29. The fourth-order valence-corrected chi connectivity index (χ4v) is 2.08. The lowest BCUT2D eigenvalue weighted by molar-refractivity contribution is -0.138. The van der Waals surface area contributed by atoms with Gasteiger partial charge in [-0.15, -0.1) is 0 Å². The summed E-state index contributed by atoms with van der Waals surface area (Å²) in [5, 5.41) is 0. The van der Waals surface area contributed by atoms with Gasteiger partial charge in [0.15, 0.2) is 0 Å². The molecule has 2 atom stereocenters. The second-order valence-electron chi connectivity index (χ2n) is 3.59. The van der Waals surface area contributed by atoms with E-state index < -0.39 is 0 Å². The number of ketones is 1. The first kappa shape index (κ1) is 7.25. The van der Waals surface area contributed by atoms with E-state index >= 15 is 0 Å². The number of Topliss-reactive ketones (excluding diaryl/α,β-unsaturated/α-hetero) is 1. The maximum absolute atomic E-state index is 11.2. The van der Waals surface area contributed by atoms with Gasteiger partial charge in [-0.1, -0.05) is 0 Å². The van der Waals surface area contributed by atoms with Crippen molar-refractivity contribution in [1.29, 1.82) is 0 Å². The van der Waals surface area contributed by atoms with E-state index in [1.54, 1.807) is 0 Å². The normalized spacial score (nSPS) is 43.0. The van der Waals surface area contributed by atoms with Crippen LogP contribution < -0.4 is 5.73 Å². The van der Waals surface area contributed by atoms with Crippen LogP contribution in [0.1, 0.15) is 25.7 Å². The van der Waals surface area contributed by atoms with Crippen molar-refractivity contribution < 1.29 is 9.53 Å². The Labute approximate surface area is 65.9 Å². The molecule has 0 unspecified atom stereocenters. The van der Waals surface area contributed by atoms with Crippen LogP contribution in [0, 0.1) is 0 Å². The van der Waals surface area contributed by atoms with Crippen LogP contribution >= 0.6 is 0 Å². The Balaban J connectivity index is 2.18.